The van der Waals surface area contributed by atoms with Gasteiger partial charge in [-0.25, -0.2) is 4.79 Å². The molecule has 0 radical (unpaired) electrons. The second kappa shape index (κ2) is 6.41. The molecule has 0 saturated heterocycles. The molecule has 0 aromatic rings. The second-order valence-electron chi connectivity index (χ2n) is 6.29. The molecule has 18 heavy (non-hydrogen) atoms. The summed E-state index contributed by atoms with van der Waals surface area (Å²) < 4.78 is 10.2. The van der Waals surface area contributed by atoms with E-state index in [4.69, 9.17) is 14.6 Å². The van der Waals surface area contributed by atoms with E-state index in [1.807, 2.05) is 0 Å². The van der Waals surface area contributed by atoms with Crippen molar-refractivity contribution in [3.8, 4) is 0 Å². The number of aliphatic hydroxyl groups excluding tert-OH is 1. The Morgan fingerprint density at radius 2 is 2.11 bits per heavy atom. The van der Waals surface area contributed by atoms with E-state index >= 15 is 0 Å². The Hall–Kier alpha value is -0.770. The number of carbonyl (C=O) groups is 1. The molecule has 0 bridgehead atoms. The van der Waals surface area contributed by atoms with Crippen LogP contribution in [0, 0.1) is 17.3 Å². The van der Waals surface area contributed by atoms with Crippen LogP contribution in [-0.4, -0.2) is 30.6 Å². The van der Waals surface area contributed by atoms with Crippen molar-refractivity contribution in [3.05, 3.63) is 0 Å². The van der Waals surface area contributed by atoms with Crippen LogP contribution in [0.1, 0.15) is 47.0 Å². The highest BCUT2D eigenvalue weighted by molar-refractivity contribution is 5.60. The van der Waals surface area contributed by atoms with Gasteiger partial charge in [-0.15, -0.1) is 0 Å². The zero-order valence-electron chi connectivity index (χ0n) is 11.9. The van der Waals surface area contributed by atoms with Crippen LogP contribution in [0.2, 0.25) is 0 Å². The van der Waals surface area contributed by atoms with Crippen LogP contribution in [0.5, 0.6) is 0 Å². The van der Waals surface area contributed by atoms with Crippen LogP contribution in [0.25, 0.3) is 0 Å². The van der Waals surface area contributed by atoms with Gasteiger partial charge < -0.3 is 14.6 Å². The molecule has 1 aliphatic carbocycles. The average molecular weight is 258 g/mol. The lowest BCUT2D eigenvalue weighted by molar-refractivity contribution is -0.0500. The first-order valence-corrected chi connectivity index (χ1v) is 6.80. The molecule has 2 atom stereocenters. The smallest absolute Gasteiger partial charge is 0.432 e. The topological polar surface area (TPSA) is 55.8 Å². The van der Waals surface area contributed by atoms with Crippen molar-refractivity contribution in [2.24, 2.45) is 17.3 Å². The van der Waals surface area contributed by atoms with Gasteiger partial charge in [0.25, 0.3) is 0 Å². The van der Waals surface area contributed by atoms with E-state index in [2.05, 4.69) is 27.7 Å². The molecule has 0 amide bonds. The Labute approximate surface area is 110 Å². The maximum Gasteiger partial charge on any atom is 0.508 e. The van der Waals surface area contributed by atoms with Gasteiger partial charge in [0, 0.05) is 0 Å². The first kappa shape index (κ1) is 15.3. The van der Waals surface area contributed by atoms with E-state index in [1.165, 1.54) is 6.42 Å². The van der Waals surface area contributed by atoms with Crippen molar-refractivity contribution >= 4 is 6.16 Å². The zero-order valence-corrected chi connectivity index (χ0v) is 11.9. The molecule has 0 aromatic carbocycles. The number of ether oxygens (including phenoxy) is 2. The van der Waals surface area contributed by atoms with Gasteiger partial charge in [-0.3, -0.25) is 0 Å². The minimum atomic E-state index is -0.655. The molecule has 0 aromatic heterocycles. The lowest BCUT2D eigenvalue weighted by Gasteiger charge is -2.41. The molecule has 0 aliphatic heterocycles. The van der Waals surface area contributed by atoms with Crippen molar-refractivity contribution in [2.45, 2.75) is 53.1 Å². The minimum absolute atomic E-state index is 0.00128. The third kappa shape index (κ3) is 4.48. The first-order valence-electron chi connectivity index (χ1n) is 6.80. The molecule has 4 heteroatoms. The zero-order chi connectivity index (χ0) is 13.8. The van der Waals surface area contributed by atoms with Crippen LogP contribution in [0.15, 0.2) is 0 Å². The van der Waals surface area contributed by atoms with Gasteiger partial charge in [0.15, 0.2) is 0 Å². The van der Waals surface area contributed by atoms with Crippen LogP contribution < -0.4 is 0 Å². The fraction of sp³-hybridized carbons (Fsp3) is 0.929. The van der Waals surface area contributed by atoms with Crippen molar-refractivity contribution in [3.63, 3.8) is 0 Å². The number of hydrogen-bond acceptors (Lipinski definition) is 4. The molecule has 1 saturated carbocycles. The lowest BCUT2D eigenvalue weighted by Crippen LogP contribution is -2.39. The molecule has 4 nitrogen and oxygen atoms in total. The summed E-state index contributed by atoms with van der Waals surface area (Å²) in [7, 11) is 0. The van der Waals surface area contributed by atoms with Gasteiger partial charge in [-0.1, -0.05) is 27.7 Å². The molecule has 1 fully saturated rings. The van der Waals surface area contributed by atoms with Gasteiger partial charge in [0.05, 0.1) is 6.61 Å². The second-order valence-corrected chi connectivity index (χ2v) is 6.29. The average Bonchev–Trinajstić information content (AvgIpc) is 2.24. The van der Waals surface area contributed by atoms with E-state index < -0.39 is 6.16 Å². The molecule has 0 spiro atoms. The van der Waals surface area contributed by atoms with Gasteiger partial charge in [0.2, 0.25) is 0 Å². The predicted molar refractivity (Wildman–Crippen MR) is 69.3 cm³/mol. The largest absolute Gasteiger partial charge is 0.508 e. The van der Waals surface area contributed by atoms with Crippen molar-refractivity contribution in [1.82, 2.24) is 0 Å². The van der Waals surface area contributed by atoms with Crippen LogP contribution >= 0.6 is 0 Å². The maximum absolute atomic E-state index is 11.5. The Bertz CT molecular complexity index is 273. The molecule has 2 unspecified atom stereocenters. The van der Waals surface area contributed by atoms with Crippen LogP contribution in [-0.2, 0) is 9.47 Å². The summed E-state index contributed by atoms with van der Waals surface area (Å²) in [5, 5.41) is 8.61. The van der Waals surface area contributed by atoms with E-state index in [0.29, 0.717) is 11.8 Å². The molecular formula is C14H26O4. The lowest BCUT2D eigenvalue weighted by atomic mass is 9.68. The fourth-order valence-corrected chi connectivity index (χ4v) is 2.72. The summed E-state index contributed by atoms with van der Waals surface area (Å²) in [6.45, 7) is 8.58. The third-order valence-corrected chi connectivity index (χ3v) is 3.80. The molecule has 106 valence electrons. The molecular weight excluding hydrogens is 232 g/mol. The van der Waals surface area contributed by atoms with Crippen molar-refractivity contribution in [2.75, 3.05) is 13.2 Å². The van der Waals surface area contributed by atoms with E-state index in [9.17, 15) is 4.79 Å². The van der Waals surface area contributed by atoms with Gasteiger partial charge in [-0.2, -0.15) is 0 Å². The highest BCUT2D eigenvalue weighted by Gasteiger charge is 2.38. The summed E-state index contributed by atoms with van der Waals surface area (Å²) in [6.07, 6.45) is 2.41. The van der Waals surface area contributed by atoms with Crippen LogP contribution in [0.4, 0.5) is 4.79 Å². The number of aliphatic hydroxyl groups is 1. The Morgan fingerprint density at radius 1 is 1.44 bits per heavy atom. The summed E-state index contributed by atoms with van der Waals surface area (Å²) in [4.78, 5) is 11.5. The Balaban J connectivity index is 2.58. The first-order chi connectivity index (χ1) is 8.35. The maximum atomic E-state index is 11.5. The fourth-order valence-electron chi connectivity index (χ4n) is 2.72. The molecule has 1 aliphatic rings. The quantitative estimate of drug-likeness (QED) is 0.788. The normalized spacial score (nSPS) is 27.0. The van der Waals surface area contributed by atoms with E-state index in [-0.39, 0.29) is 24.7 Å². The van der Waals surface area contributed by atoms with Gasteiger partial charge in [0.1, 0.15) is 12.7 Å². The predicted octanol–water partition coefficient (Wildman–Crippen LogP) is 2.98. The molecule has 1 rings (SSSR count). The summed E-state index contributed by atoms with van der Waals surface area (Å²) in [5.41, 5.74) is 0.216. The standard InChI is InChI=1S/C14H26O4/c1-10(2)11-5-6-14(3,4)9-12(11)18-13(16)17-8-7-15/h10-12,15H,5-9H2,1-4H3. The Kier molecular flexibility index (Phi) is 5.45. The Morgan fingerprint density at radius 3 is 2.67 bits per heavy atom. The summed E-state index contributed by atoms with van der Waals surface area (Å²) >= 11 is 0. The highest BCUT2D eigenvalue weighted by atomic mass is 16.7. The van der Waals surface area contributed by atoms with E-state index in [1.54, 1.807) is 0 Å². The minimum Gasteiger partial charge on any atom is -0.432 e. The van der Waals surface area contributed by atoms with Gasteiger partial charge in [-0.05, 0) is 36.5 Å². The molecule has 1 N–H and O–H groups in total. The van der Waals surface area contributed by atoms with Crippen molar-refractivity contribution in [1.29, 1.82) is 0 Å². The monoisotopic (exact) mass is 258 g/mol. The van der Waals surface area contributed by atoms with Gasteiger partial charge >= 0.3 is 6.16 Å². The number of carbonyl (C=O) groups excluding carboxylic acids is 1. The van der Waals surface area contributed by atoms with Crippen LogP contribution in [0.3, 0.4) is 0 Å². The number of rotatable bonds is 4. The SMILES string of the molecule is CC(C)C1CCC(C)(C)CC1OC(=O)OCCO. The highest BCUT2D eigenvalue weighted by Crippen LogP contribution is 2.42. The molecule has 0 heterocycles. The summed E-state index contributed by atoms with van der Waals surface area (Å²) in [5.74, 6) is 0.899. The number of hydrogen-bond donors (Lipinski definition) is 1. The summed E-state index contributed by atoms with van der Waals surface area (Å²) in [6, 6.07) is 0. The van der Waals surface area contributed by atoms with E-state index in [0.717, 1.165) is 12.8 Å². The van der Waals surface area contributed by atoms with Crippen molar-refractivity contribution < 1.29 is 19.4 Å². The third-order valence-electron chi connectivity index (χ3n) is 3.80.